The van der Waals surface area contributed by atoms with Gasteiger partial charge in [-0.1, -0.05) is 43.3 Å². The molecule has 2 aromatic rings. The van der Waals surface area contributed by atoms with Gasteiger partial charge in [0.2, 0.25) is 0 Å². The van der Waals surface area contributed by atoms with Gasteiger partial charge in [0.15, 0.2) is 5.41 Å². The van der Waals surface area contributed by atoms with Crippen LogP contribution >= 0.6 is 0 Å². The van der Waals surface area contributed by atoms with Crippen LogP contribution in [-0.4, -0.2) is 37.4 Å². The zero-order valence-corrected chi connectivity index (χ0v) is 17.6. The highest BCUT2D eigenvalue weighted by molar-refractivity contribution is 6.02. The predicted octanol–water partition coefficient (Wildman–Crippen LogP) is 4.02. The highest BCUT2D eigenvalue weighted by atomic mass is 16.5. The monoisotopic (exact) mass is 409 g/mol. The van der Waals surface area contributed by atoms with Gasteiger partial charge in [-0.3, -0.25) is 4.90 Å². The number of nitrogens with zero attached hydrogens (tertiary/aromatic N) is 4. The van der Waals surface area contributed by atoms with Crippen molar-refractivity contribution in [3.8, 4) is 24.0 Å². The van der Waals surface area contributed by atoms with Crippen LogP contribution in [0, 0.1) is 56.7 Å². The fraction of sp³-hybridized carbons (Fsp3) is 0.360. The van der Waals surface area contributed by atoms with Crippen LogP contribution in [0.3, 0.4) is 0 Å². The second kappa shape index (κ2) is 7.88. The van der Waals surface area contributed by atoms with Crippen LogP contribution in [0.15, 0.2) is 48.0 Å². The van der Waals surface area contributed by atoms with Gasteiger partial charge in [0.1, 0.15) is 11.7 Å². The summed E-state index contributed by atoms with van der Waals surface area (Å²) in [4.78, 5) is 2.24. The Bertz CT molecular complexity index is 1200. The van der Waals surface area contributed by atoms with Gasteiger partial charge >= 0.3 is 0 Å². The summed E-state index contributed by atoms with van der Waals surface area (Å²) < 4.78 is 5.72. The summed E-state index contributed by atoms with van der Waals surface area (Å²) in [6.45, 7) is 4.20. The number of rotatable bonds is 3. The van der Waals surface area contributed by atoms with Crippen molar-refractivity contribution < 1.29 is 4.74 Å². The maximum absolute atomic E-state index is 10.3. The molecule has 3 atom stereocenters. The molecule has 31 heavy (non-hydrogen) atoms. The van der Waals surface area contributed by atoms with Crippen LogP contribution in [0.2, 0.25) is 0 Å². The predicted molar refractivity (Wildman–Crippen MR) is 117 cm³/mol. The minimum atomic E-state index is -1.75. The van der Waals surface area contributed by atoms with E-state index in [4.69, 9.17) is 10.1 Å². The third-order valence-corrected chi connectivity index (χ3v) is 6.77. The minimum Gasteiger partial charge on any atom is -0.496 e. The maximum atomic E-state index is 10.3. The lowest BCUT2D eigenvalue weighted by Crippen LogP contribution is -2.53. The first kappa shape index (κ1) is 20.6. The zero-order chi connectivity index (χ0) is 22.2. The van der Waals surface area contributed by atoms with E-state index in [0.717, 1.165) is 28.5 Å². The number of hydrogen-bond acceptors (Lipinski definition) is 6. The molecule has 1 aliphatic heterocycles. The van der Waals surface area contributed by atoms with Gasteiger partial charge in [0, 0.05) is 30.5 Å². The van der Waals surface area contributed by atoms with Gasteiger partial charge in [0.25, 0.3) is 0 Å². The number of nitriles is 3. The molecule has 4 rings (SSSR count). The minimum absolute atomic E-state index is 0.132. The Labute approximate surface area is 182 Å². The summed E-state index contributed by atoms with van der Waals surface area (Å²) in [6, 6.07) is 18.2. The molecule has 0 amide bonds. The molecule has 1 aliphatic carbocycles. The SMILES string of the molecule is CCN1CC=C2C(C#N)C(=N)C(C#N)(C#N)[C@H](c3c(OC)ccc4ccccc34)[C@@H]2C1. The summed E-state index contributed by atoms with van der Waals surface area (Å²) in [7, 11) is 1.58. The van der Waals surface area contributed by atoms with E-state index in [1.54, 1.807) is 7.11 Å². The molecule has 1 saturated carbocycles. The first-order valence-electron chi connectivity index (χ1n) is 10.3. The van der Waals surface area contributed by atoms with Crippen LogP contribution in [0.5, 0.6) is 5.75 Å². The third kappa shape index (κ3) is 2.90. The Kier molecular flexibility index (Phi) is 5.24. The Balaban J connectivity index is 2.09. The molecular formula is C25H23N5O. The Morgan fingerprint density at radius 1 is 1.16 bits per heavy atom. The third-order valence-electron chi connectivity index (χ3n) is 6.77. The van der Waals surface area contributed by atoms with Gasteiger partial charge < -0.3 is 10.1 Å². The van der Waals surface area contributed by atoms with Crippen molar-refractivity contribution in [1.29, 1.82) is 21.2 Å². The lowest BCUT2D eigenvalue weighted by atomic mass is 9.54. The molecule has 0 aromatic heterocycles. The van der Waals surface area contributed by atoms with E-state index < -0.39 is 17.3 Å². The largest absolute Gasteiger partial charge is 0.496 e. The summed E-state index contributed by atoms with van der Waals surface area (Å²) in [6.07, 6.45) is 2.02. The van der Waals surface area contributed by atoms with Gasteiger partial charge in [-0.2, -0.15) is 15.8 Å². The Morgan fingerprint density at radius 2 is 1.90 bits per heavy atom. The number of ether oxygens (including phenoxy) is 1. The fourth-order valence-corrected chi connectivity index (χ4v) is 5.21. The quantitative estimate of drug-likeness (QED) is 0.771. The number of benzene rings is 2. The summed E-state index contributed by atoms with van der Waals surface area (Å²) >= 11 is 0. The smallest absolute Gasteiger partial charge is 0.189 e. The van der Waals surface area contributed by atoms with E-state index in [1.807, 2.05) is 42.5 Å². The highest BCUT2D eigenvalue weighted by Gasteiger charge is 2.58. The maximum Gasteiger partial charge on any atom is 0.189 e. The van der Waals surface area contributed by atoms with E-state index in [1.165, 1.54) is 0 Å². The summed E-state index contributed by atoms with van der Waals surface area (Å²) in [5.74, 6) is -1.14. The standard InChI is InChI=1S/C25H23N5O/c1-3-30-11-10-18-19(12-26)24(29)25(14-27,15-28)23(20(18)13-30)22-17-7-5-4-6-16(17)8-9-21(22)31-2/h4-10,19-20,23,29H,3,11,13H2,1-2H3/t19?,20-,23+/m1/s1. The van der Waals surface area contributed by atoms with Crippen molar-refractivity contribution in [2.75, 3.05) is 26.7 Å². The molecule has 1 heterocycles. The second-order valence-electron chi connectivity index (χ2n) is 8.05. The topological polar surface area (TPSA) is 108 Å². The molecule has 2 aromatic carbocycles. The molecule has 1 unspecified atom stereocenters. The van der Waals surface area contributed by atoms with E-state index in [2.05, 4.69) is 30.0 Å². The van der Waals surface area contributed by atoms with E-state index in [-0.39, 0.29) is 11.6 Å². The molecule has 0 bridgehead atoms. The molecule has 0 radical (unpaired) electrons. The fourth-order valence-electron chi connectivity index (χ4n) is 5.21. The normalized spacial score (nSPS) is 24.9. The molecule has 1 N–H and O–H groups in total. The van der Waals surface area contributed by atoms with Crippen LogP contribution < -0.4 is 4.74 Å². The number of likely N-dealkylation sites (N-methyl/N-ethyl adjacent to an activating group) is 1. The summed E-state index contributed by atoms with van der Waals surface area (Å²) in [5, 5.41) is 41.2. The van der Waals surface area contributed by atoms with Gasteiger partial charge in [-0.05, 0) is 29.0 Å². The van der Waals surface area contributed by atoms with Crippen molar-refractivity contribution in [2.24, 2.45) is 17.3 Å². The lowest BCUT2D eigenvalue weighted by molar-refractivity contribution is 0.210. The van der Waals surface area contributed by atoms with E-state index in [0.29, 0.717) is 18.8 Å². The van der Waals surface area contributed by atoms with E-state index >= 15 is 0 Å². The number of methoxy groups -OCH3 is 1. The Morgan fingerprint density at radius 3 is 2.55 bits per heavy atom. The second-order valence-corrected chi connectivity index (χ2v) is 8.05. The Hall–Kier alpha value is -3.66. The highest BCUT2D eigenvalue weighted by Crippen LogP contribution is 2.56. The van der Waals surface area contributed by atoms with Crippen LogP contribution in [0.4, 0.5) is 0 Å². The molecule has 2 aliphatic rings. The molecule has 6 nitrogen and oxygen atoms in total. The average molecular weight is 409 g/mol. The van der Waals surface area contributed by atoms with E-state index in [9.17, 15) is 15.8 Å². The molecule has 1 fully saturated rings. The number of hydrogen-bond donors (Lipinski definition) is 1. The first-order chi connectivity index (χ1) is 15.1. The van der Waals surface area contributed by atoms with Gasteiger partial charge in [-0.25, -0.2) is 0 Å². The van der Waals surface area contributed by atoms with Crippen LogP contribution in [-0.2, 0) is 0 Å². The molecule has 0 spiro atoms. The van der Waals surface area contributed by atoms with Crippen molar-refractivity contribution in [1.82, 2.24) is 4.90 Å². The first-order valence-corrected chi connectivity index (χ1v) is 10.3. The summed E-state index contributed by atoms with van der Waals surface area (Å²) in [5.41, 5.74) is -0.277. The van der Waals surface area contributed by atoms with Crippen molar-refractivity contribution >= 4 is 16.5 Å². The van der Waals surface area contributed by atoms with Gasteiger partial charge in [-0.15, -0.1) is 0 Å². The average Bonchev–Trinajstić information content (AvgIpc) is 2.82. The van der Waals surface area contributed by atoms with Crippen molar-refractivity contribution in [3.05, 3.63) is 53.6 Å². The molecule has 154 valence electrons. The van der Waals surface area contributed by atoms with Crippen molar-refractivity contribution in [2.45, 2.75) is 12.8 Å². The van der Waals surface area contributed by atoms with Crippen LogP contribution in [0.1, 0.15) is 18.4 Å². The van der Waals surface area contributed by atoms with Gasteiger partial charge in [0.05, 0.1) is 31.0 Å². The number of fused-ring (bicyclic) bond motifs is 2. The van der Waals surface area contributed by atoms with Crippen LogP contribution in [0.25, 0.3) is 10.8 Å². The zero-order valence-electron chi connectivity index (χ0n) is 17.6. The molecular weight excluding hydrogens is 386 g/mol. The number of nitrogens with one attached hydrogen (secondary N) is 1. The molecule has 6 heteroatoms. The van der Waals surface area contributed by atoms with Crippen molar-refractivity contribution in [3.63, 3.8) is 0 Å². The lowest BCUT2D eigenvalue weighted by Gasteiger charge is -2.48. The molecule has 0 saturated heterocycles.